The summed E-state index contributed by atoms with van der Waals surface area (Å²) in [5, 5.41) is 23.8. The molecular weight excluding hydrogens is 444 g/mol. The fourth-order valence-electron chi connectivity index (χ4n) is 2.80. The normalized spacial score (nSPS) is 14.6. The molecule has 0 aromatic carbocycles. The van der Waals surface area contributed by atoms with Crippen molar-refractivity contribution in [2.75, 3.05) is 29.6 Å². The van der Waals surface area contributed by atoms with Crippen LogP contribution in [-0.2, 0) is 16.4 Å². The predicted molar refractivity (Wildman–Crippen MR) is 119 cm³/mol. The molecule has 0 bridgehead atoms. The van der Waals surface area contributed by atoms with Crippen molar-refractivity contribution >= 4 is 33.7 Å². The topological polar surface area (TPSA) is 146 Å². The van der Waals surface area contributed by atoms with Gasteiger partial charge in [-0.1, -0.05) is 0 Å². The summed E-state index contributed by atoms with van der Waals surface area (Å²) in [6.45, 7) is 0. The first-order valence-electron chi connectivity index (χ1n) is 9.57. The number of nitrogens with zero attached hydrogens (tertiary/aromatic N) is 3. The Morgan fingerprint density at radius 1 is 1.32 bits per heavy atom. The van der Waals surface area contributed by atoms with Crippen molar-refractivity contribution in [2.45, 2.75) is 37.5 Å². The van der Waals surface area contributed by atoms with Crippen molar-refractivity contribution in [2.24, 2.45) is 0 Å². The number of carbonyl (C=O) groups excluding carboxylic acids is 1. The molecule has 3 unspecified atom stereocenters. The summed E-state index contributed by atoms with van der Waals surface area (Å²) in [6, 6.07) is 2.44. The van der Waals surface area contributed by atoms with Crippen molar-refractivity contribution in [3.05, 3.63) is 42.0 Å². The maximum atomic E-state index is 12.7. The summed E-state index contributed by atoms with van der Waals surface area (Å²) in [7, 11) is -2.35. The second-order valence-electron chi connectivity index (χ2n) is 7.08. The number of sulfonamides is 1. The molecule has 2 aromatic rings. The molecule has 0 radical (unpaired) electrons. The highest BCUT2D eigenvalue weighted by molar-refractivity contribution is 7.98. The number of aliphatic hydroxyl groups is 2. The first-order chi connectivity index (χ1) is 14.6. The molecule has 0 aliphatic carbocycles. The summed E-state index contributed by atoms with van der Waals surface area (Å²) in [5.74, 6) is 0.187. The van der Waals surface area contributed by atoms with Gasteiger partial charge in [0.15, 0.2) is 5.69 Å². The van der Waals surface area contributed by atoms with E-state index in [-0.39, 0.29) is 18.1 Å². The van der Waals surface area contributed by atoms with Crippen LogP contribution in [0.2, 0.25) is 0 Å². The number of hydrogen-bond acceptors (Lipinski definition) is 9. The lowest BCUT2D eigenvalue weighted by Crippen LogP contribution is -2.50. The van der Waals surface area contributed by atoms with Gasteiger partial charge < -0.3 is 19.9 Å². The molecule has 0 fully saturated rings. The highest BCUT2D eigenvalue weighted by atomic mass is 32.2. The summed E-state index contributed by atoms with van der Waals surface area (Å²) >= 11 is 1.65. The lowest BCUT2D eigenvalue weighted by molar-refractivity contribution is -0.00735. The minimum atomic E-state index is -3.60. The second-order valence-corrected chi connectivity index (χ2v) is 10.1. The zero-order valence-electron chi connectivity index (χ0n) is 17.6. The lowest BCUT2D eigenvalue weighted by Gasteiger charge is -2.27. The molecule has 0 saturated heterocycles. The van der Waals surface area contributed by atoms with E-state index in [2.05, 4.69) is 15.3 Å². The molecule has 2 aromatic heterocycles. The number of aromatic nitrogens is 2. The van der Waals surface area contributed by atoms with E-state index in [0.29, 0.717) is 6.42 Å². The summed E-state index contributed by atoms with van der Waals surface area (Å²) < 4.78 is 29.2. The van der Waals surface area contributed by atoms with Gasteiger partial charge in [-0.15, -0.1) is 0 Å². The monoisotopic (exact) mass is 472 g/mol. The number of pyridine rings is 1. The Balaban J connectivity index is 2.16. The average molecular weight is 473 g/mol. The Kier molecular flexibility index (Phi) is 9.29. The smallest absolute Gasteiger partial charge is 0.311 e. The van der Waals surface area contributed by atoms with E-state index < -0.39 is 34.2 Å². The van der Waals surface area contributed by atoms with Gasteiger partial charge in [0.05, 0.1) is 18.4 Å². The molecule has 1 amide bonds. The number of anilines is 1. The number of nitrogens with one attached hydrogen (secondary N) is 1. The molecule has 3 N–H and O–H groups in total. The number of aliphatic hydroxyl groups excluding tert-OH is 2. The molecule has 3 atom stereocenters. The minimum Gasteiger partial charge on any atom is -0.430 e. The van der Waals surface area contributed by atoms with Gasteiger partial charge >= 0.3 is 6.01 Å². The fourth-order valence-corrected chi connectivity index (χ4v) is 3.63. The molecule has 2 heterocycles. The van der Waals surface area contributed by atoms with Crippen molar-refractivity contribution in [3.63, 3.8) is 0 Å². The maximum absolute atomic E-state index is 12.7. The van der Waals surface area contributed by atoms with Crippen LogP contribution < -0.4 is 9.62 Å². The molecular formula is C19H28N4O6S2. The van der Waals surface area contributed by atoms with E-state index >= 15 is 0 Å². The molecule has 12 heteroatoms. The van der Waals surface area contributed by atoms with E-state index in [9.17, 15) is 23.4 Å². The second kappa shape index (κ2) is 11.5. The average Bonchev–Trinajstić information content (AvgIpc) is 3.22. The molecule has 0 aliphatic heterocycles. The molecule has 0 aliphatic rings. The van der Waals surface area contributed by atoms with E-state index in [1.165, 1.54) is 7.05 Å². The maximum Gasteiger partial charge on any atom is 0.311 e. The summed E-state index contributed by atoms with van der Waals surface area (Å²) in [5.41, 5.74) is 0.669. The Morgan fingerprint density at radius 3 is 2.61 bits per heavy atom. The summed E-state index contributed by atoms with van der Waals surface area (Å²) in [4.78, 5) is 20.6. The Labute approximate surface area is 186 Å². The van der Waals surface area contributed by atoms with Gasteiger partial charge in [0.25, 0.3) is 5.91 Å². The van der Waals surface area contributed by atoms with E-state index in [4.69, 9.17) is 4.42 Å². The Morgan fingerprint density at radius 2 is 2.00 bits per heavy atom. The van der Waals surface area contributed by atoms with E-state index in [1.54, 1.807) is 36.3 Å². The van der Waals surface area contributed by atoms with Gasteiger partial charge in [0, 0.05) is 19.4 Å². The van der Waals surface area contributed by atoms with Crippen LogP contribution in [-0.4, -0.2) is 78.1 Å². The van der Waals surface area contributed by atoms with Crippen molar-refractivity contribution in [1.82, 2.24) is 15.3 Å². The summed E-state index contributed by atoms with van der Waals surface area (Å²) in [6.07, 6.45) is 6.30. The highest BCUT2D eigenvalue weighted by Gasteiger charge is 2.29. The van der Waals surface area contributed by atoms with Crippen LogP contribution in [0.3, 0.4) is 0 Å². The molecule has 31 heavy (non-hydrogen) atoms. The van der Waals surface area contributed by atoms with Gasteiger partial charge in [-0.05, 0) is 49.0 Å². The van der Waals surface area contributed by atoms with Crippen molar-refractivity contribution < 1.29 is 27.8 Å². The quantitative estimate of drug-likeness (QED) is 0.379. The standard InChI is InChI=1S/C19H28N4O6S2/c1-23(31(3,27)28)19-22-15(12-29-19)18(26)21-14(11-13-6-8-20-9-7-13)17(25)16(24)5-4-10-30-2/h6-9,12,14,16-17,24-25H,4-5,10-11H2,1-3H3,(H,21,26). The number of amides is 1. The van der Waals surface area contributed by atoms with Crippen LogP contribution in [0.15, 0.2) is 35.2 Å². The van der Waals surface area contributed by atoms with E-state index in [0.717, 1.165) is 34.6 Å². The van der Waals surface area contributed by atoms with Crippen LogP contribution in [0.5, 0.6) is 0 Å². The largest absolute Gasteiger partial charge is 0.430 e. The van der Waals surface area contributed by atoms with Crippen molar-refractivity contribution in [1.29, 1.82) is 0 Å². The van der Waals surface area contributed by atoms with Crippen LogP contribution in [0, 0.1) is 0 Å². The van der Waals surface area contributed by atoms with Gasteiger partial charge in [-0.2, -0.15) is 16.7 Å². The number of rotatable bonds is 12. The van der Waals surface area contributed by atoms with Crippen LogP contribution in [0.25, 0.3) is 0 Å². The SMILES string of the molecule is CSCCCC(O)C(O)C(Cc1ccncc1)NC(=O)c1coc(N(C)S(C)(=O)=O)n1. The van der Waals surface area contributed by atoms with Gasteiger partial charge in [0.2, 0.25) is 10.0 Å². The van der Waals surface area contributed by atoms with Crippen LogP contribution in [0.1, 0.15) is 28.9 Å². The molecule has 10 nitrogen and oxygen atoms in total. The zero-order chi connectivity index (χ0) is 23.0. The third-order valence-corrected chi connectivity index (χ3v) is 6.52. The number of thioether (sulfide) groups is 1. The molecule has 172 valence electrons. The zero-order valence-corrected chi connectivity index (χ0v) is 19.3. The lowest BCUT2D eigenvalue weighted by atomic mass is 9.96. The van der Waals surface area contributed by atoms with Gasteiger partial charge in [0.1, 0.15) is 12.4 Å². The molecule has 0 spiro atoms. The minimum absolute atomic E-state index is 0.144. The van der Waals surface area contributed by atoms with Gasteiger partial charge in [-0.3, -0.25) is 9.78 Å². The first kappa shape index (κ1) is 25.1. The Bertz CT molecular complexity index is 938. The number of oxazole rings is 1. The molecule has 0 saturated carbocycles. The predicted octanol–water partition coefficient (Wildman–Crippen LogP) is 0.671. The Hall–Kier alpha value is -2.15. The van der Waals surface area contributed by atoms with Gasteiger partial charge in [-0.25, -0.2) is 12.7 Å². The van der Waals surface area contributed by atoms with Crippen LogP contribution >= 0.6 is 11.8 Å². The van der Waals surface area contributed by atoms with Crippen molar-refractivity contribution in [3.8, 4) is 0 Å². The first-order valence-corrected chi connectivity index (χ1v) is 12.8. The highest BCUT2D eigenvalue weighted by Crippen LogP contribution is 2.17. The van der Waals surface area contributed by atoms with Crippen LogP contribution in [0.4, 0.5) is 6.01 Å². The number of hydrogen-bond donors (Lipinski definition) is 3. The third-order valence-electron chi connectivity index (χ3n) is 4.67. The fraction of sp³-hybridized carbons (Fsp3) is 0.526. The van der Waals surface area contributed by atoms with E-state index in [1.807, 2.05) is 6.26 Å². The molecule has 2 rings (SSSR count). The third kappa shape index (κ3) is 7.49. The number of carbonyl (C=O) groups is 1.